The summed E-state index contributed by atoms with van der Waals surface area (Å²) in [6, 6.07) is 19.9. The molecule has 0 radical (unpaired) electrons. The molecule has 0 bridgehead atoms. The van der Waals surface area contributed by atoms with Gasteiger partial charge in [-0.05, 0) is 0 Å². The minimum atomic E-state index is 0. The van der Waals surface area contributed by atoms with Crippen LogP contribution in [0.15, 0.2) is 60.7 Å². The van der Waals surface area contributed by atoms with Crippen molar-refractivity contribution < 1.29 is 25.8 Å². The molecule has 4 heteroatoms. The molecule has 2 rings (SSSR count). The minimum absolute atomic E-state index is 0. The van der Waals surface area contributed by atoms with Crippen LogP contribution in [0.1, 0.15) is 0 Å². The van der Waals surface area contributed by atoms with E-state index < -0.39 is 0 Å². The zero-order valence-corrected chi connectivity index (χ0v) is 15.6. The van der Waals surface area contributed by atoms with Gasteiger partial charge in [0.25, 0.3) is 0 Å². The van der Waals surface area contributed by atoms with Crippen LogP contribution in [-0.4, -0.2) is 0 Å². The fourth-order valence-corrected chi connectivity index (χ4v) is 1.15. The molecule has 0 aliphatic heterocycles. The standard InChI is InChI=1S/C12H10N.Hf.2H3P/c1-3-7-11(8-4-1)13-12-9-5-2-6-10-12;;;/h1-10H;;2*1H3/q-1;;;. The third-order valence-electron chi connectivity index (χ3n) is 1.77. The molecule has 0 N–H and O–H groups in total. The van der Waals surface area contributed by atoms with Crippen LogP contribution in [0.3, 0.4) is 0 Å². The Morgan fingerprint density at radius 2 is 0.875 bits per heavy atom. The second-order valence-corrected chi connectivity index (χ2v) is 2.78. The van der Waals surface area contributed by atoms with Crippen LogP contribution in [0.4, 0.5) is 11.4 Å². The van der Waals surface area contributed by atoms with Crippen molar-refractivity contribution in [1.82, 2.24) is 0 Å². The van der Waals surface area contributed by atoms with Gasteiger partial charge in [0, 0.05) is 25.8 Å². The van der Waals surface area contributed by atoms with E-state index in [0.717, 1.165) is 11.4 Å². The normalized spacial score (nSPS) is 7.75. The first-order chi connectivity index (χ1) is 6.45. The molecular formula is C12H16HfNP2-. The van der Waals surface area contributed by atoms with Gasteiger partial charge in [-0.2, -0.15) is 19.8 Å². The van der Waals surface area contributed by atoms with Crippen molar-refractivity contribution in [3.05, 3.63) is 66.0 Å². The molecule has 0 spiro atoms. The number of para-hydroxylation sites is 2. The molecule has 0 fully saturated rings. The quantitative estimate of drug-likeness (QED) is 0.518. The summed E-state index contributed by atoms with van der Waals surface area (Å²) in [6.45, 7) is 0. The Hall–Kier alpha value is -0.0299. The molecule has 0 saturated carbocycles. The number of hydrogen-bond acceptors (Lipinski definition) is 0. The van der Waals surface area contributed by atoms with E-state index in [0.29, 0.717) is 0 Å². The van der Waals surface area contributed by atoms with E-state index in [9.17, 15) is 0 Å². The predicted octanol–water partition coefficient (Wildman–Crippen LogP) is 4.14. The molecule has 0 heterocycles. The smallest absolute Gasteiger partial charge is 0 e. The van der Waals surface area contributed by atoms with Crippen LogP contribution < -0.4 is 0 Å². The third-order valence-corrected chi connectivity index (χ3v) is 1.77. The van der Waals surface area contributed by atoms with Crippen LogP contribution >= 0.6 is 19.8 Å². The van der Waals surface area contributed by atoms with Gasteiger partial charge in [0.15, 0.2) is 0 Å². The third kappa shape index (κ3) is 5.89. The number of rotatable bonds is 2. The second kappa shape index (κ2) is 10.1. The summed E-state index contributed by atoms with van der Waals surface area (Å²) in [5, 5.41) is 4.44. The Morgan fingerprint density at radius 1 is 0.562 bits per heavy atom. The maximum atomic E-state index is 4.44. The minimum Gasteiger partial charge on any atom is -0.658 e. The Morgan fingerprint density at radius 3 is 1.19 bits per heavy atom. The zero-order chi connectivity index (χ0) is 8.93. The molecule has 0 amide bonds. The molecule has 2 aromatic rings. The van der Waals surface area contributed by atoms with Gasteiger partial charge >= 0.3 is 0 Å². The van der Waals surface area contributed by atoms with Crippen LogP contribution in [0, 0.1) is 0 Å². The molecular weight excluding hydrogens is 399 g/mol. The topological polar surface area (TPSA) is 14.1 Å². The Balaban J connectivity index is 0. The fourth-order valence-electron chi connectivity index (χ4n) is 1.15. The summed E-state index contributed by atoms with van der Waals surface area (Å²) >= 11 is 0. The average molecular weight is 415 g/mol. The number of hydrogen-bond donors (Lipinski definition) is 0. The summed E-state index contributed by atoms with van der Waals surface area (Å²) in [5.74, 6) is 0. The van der Waals surface area contributed by atoms with E-state index >= 15 is 0 Å². The van der Waals surface area contributed by atoms with Gasteiger partial charge in [-0.15, -0.1) is 11.4 Å². The van der Waals surface area contributed by atoms with Crippen molar-refractivity contribution in [3.8, 4) is 0 Å². The molecule has 0 saturated heterocycles. The summed E-state index contributed by atoms with van der Waals surface area (Å²) < 4.78 is 0. The van der Waals surface area contributed by atoms with Gasteiger partial charge in [0.2, 0.25) is 0 Å². The molecule has 16 heavy (non-hydrogen) atoms. The number of nitrogens with zero attached hydrogens (tertiary/aromatic N) is 1. The fraction of sp³-hybridized carbons (Fsp3) is 0. The average Bonchev–Trinajstić information content (AvgIpc) is 2.21. The van der Waals surface area contributed by atoms with E-state index in [2.05, 4.69) is 5.32 Å². The van der Waals surface area contributed by atoms with Crippen molar-refractivity contribution in [2.45, 2.75) is 0 Å². The van der Waals surface area contributed by atoms with E-state index in [-0.39, 0.29) is 45.6 Å². The SMILES string of the molecule is P.P.[Hf].c1ccc([N-]c2ccccc2)cc1. The zero-order valence-electron chi connectivity index (χ0n) is 9.13. The molecule has 0 aliphatic rings. The van der Waals surface area contributed by atoms with Crippen LogP contribution in [0.5, 0.6) is 0 Å². The Bertz CT molecular complexity index is 330. The molecule has 0 aliphatic carbocycles. The van der Waals surface area contributed by atoms with Gasteiger partial charge in [0.1, 0.15) is 0 Å². The molecule has 2 atom stereocenters. The van der Waals surface area contributed by atoms with Gasteiger partial charge in [-0.25, -0.2) is 0 Å². The summed E-state index contributed by atoms with van der Waals surface area (Å²) in [5.41, 5.74) is 1.99. The van der Waals surface area contributed by atoms with Crippen molar-refractivity contribution in [1.29, 1.82) is 0 Å². The van der Waals surface area contributed by atoms with E-state index in [4.69, 9.17) is 0 Å². The van der Waals surface area contributed by atoms with Crippen LogP contribution in [-0.2, 0) is 25.8 Å². The summed E-state index contributed by atoms with van der Waals surface area (Å²) in [4.78, 5) is 0. The maximum Gasteiger partial charge on any atom is 0 e. The van der Waals surface area contributed by atoms with Crippen LogP contribution in [0.25, 0.3) is 5.32 Å². The van der Waals surface area contributed by atoms with Crippen molar-refractivity contribution in [2.24, 2.45) is 0 Å². The summed E-state index contributed by atoms with van der Waals surface area (Å²) in [6.07, 6.45) is 0. The van der Waals surface area contributed by atoms with Gasteiger partial charge in [0.05, 0.1) is 0 Å². The Labute approximate surface area is 122 Å². The predicted molar refractivity (Wildman–Crippen MR) is 77.8 cm³/mol. The molecule has 1 nitrogen and oxygen atoms in total. The molecule has 0 aromatic heterocycles. The number of benzene rings is 2. The van der Waals surface area contributed by atoms with Crippen LogP contribution in [0.2, 0.25) is 0 Å². The molecule has 84 valence electrons. The first kappa shape index (κ1) is 18.3. The first-order valence-corrected chi connectivity index (χ1v) is 4.27. The largest absolute Gasteiger partial charge is 0.658 e. The summed E-state index contributed by atoms with van der Waals surface area (Å²) in [7, 11) is 0. The second-order valence-electron chi connectivity index (χ2n) is 2.78. The molecule has 2 aromatic carbocycles. The van der Waals surface area contributed by atoms with Crippen molar-refractivity contribution in [2.75, 3.05) is 0 Å². The van der Waals surface area contributed by atoms with Gasteiger partial charge < -0.3 is 5.32 Å². The van der Waals surface area contributed by atoms with Crippen molar-refractivity contribution >= 4 is 31.2 Å². The van der Waals surface area contributed by atoms with E-state index in [1.807, 2.05) is 60.7 Å². The Kier molecular flexibility index (Phi) is 11.6. The maximum absolute atomic E-state index is 4.44. The van der Waals surface area contributed by atoms with E-state index in [1.165, 1.54) is 0 Å². The van der Waals surface area contributed by atoms with Crippen molar-refractivity contribution in [3.63, 3.8) is 0 Å². The van der Waals surface area contributed by atoms with Gasteiger partial charge in [-0.3, -0.25) is 0 Å². The van der Waals surface area contributed by atoms with Gasteiger partial charge in [-0.1, -0.05) is 60.7 Å². The van der Waals surface area contributed by atoms with E-state index in [1.54, 1.807) is 0 Å². The first-order valence-electron chi connectivity index (χ1n) is 4.27. The monoisotopic (exact) mass is 416 g/mol. The molecule has 2 unspecified atom stereocenters.